The maximum atomic E-state index is 11.6. The van der Waals surface area contributed by atoms with Crippen molar-refractivity contribution in [1.29, 1.82) is 0 Å². The molecule has 3 N–H and O–H groups in total. The van der Waals surface area contributed by atoms with Crippen molar-refractivity contribution in [2.24, 2.45) is 11.7 Å². The molecule has 0 saturated heterocycles. The van der Waals surface area contributed by atoms with E-state index in [4.69, 9.17) is 5.73 Å². The van der Waals surface area contributed by atoms with E-state index in [0.717, 1.165) is 12.8 Å². The average Bonchev–Trinajstić information content (AvgIpc) is 2.18. The van der Waals surface area contributed by atoms with E-state index in [1.165, 1.54) is 19.3 Å². The van der Waals surface area contributed by atoms with Gasteiger partial charge in [0.05, 0.1) is 6.04 Å². The zero-order valence-corrected chi connectivity index (χ0v) is 10.5. The Morgan fingerprint density at radius 2 is 1.80 bits per heavy atom. The van der Waals surface area contributed by atoms with Gasteiger partial charge in [-0.2, -0.15) is 0 Å². The molecule has 1 aliphatic rings. The first-order valence-electron chi connectivity index (χ1n) is 5.67. The minimum absolute atomic E-state index is 0. The molecule has 0 aliphatic heterocycles. The van der Waals surface area contributed by atoms with Crippen molar-refractivity contribution in [3.05, 3.63) is 0 Å². The number of carbonyl (C=O) groups is 1. The van der Waals surface area contributed by atoms with E-state index in [2.05, 4.69) is 5.32 Å². The monoisotopic (exact) mass is 234 g/mol. The molecule has 1 atom stereocenters. The molecule has 0 aromatic carbocycles. The Morgan fingerprint density at radius 1 is 1.27 bits per heavy atom. The SMILES string of the molecule is CC(C)[C@H](N)C(=O)NC1CCCCC1.Cl. The van der Waals surface area contributed by atoms with Gasteiger partial charge in [-0.3, -0.25) is 4.79 Å². The van der Waals surface area contributed by atoms with E-state index in [1.54, 1.807) is 0 Å². The second-order valence-electron chi connectivity index (χ2n) is 4.61. The van der Waals surface area contributed by atoms with Crippen LogP contribution in [-0.4, -0.2) is 18.0 Å². The van der Waals surface area contributed by atoms with Gasteiger partial charge in [-0.15, -0.1) is 12.4 Å². The molecule has 15 heavy (non-hydrogen) atoms. The Bertz CT molecular complexity index is 191. The summed E-state index contributed by atoms with van der Waals surface area (Å²) in [6.45, 7) is 3.95. The molecule has 4 heteroatoms. The van der Waals surface area contributed by atoms with E-state index < -0.39 is 0 Å². The highest BCUT2D eigenvalue weighted by Crippen LogP contribution is 2.17. The minimum atomic E-state index is -0.350. The summed E-state index contributed by atoms with van der Waals surface area (Å²) < 4.78 is 0. The summed E-state index contributed by atoms with van der Waals surface area (Å²) in [6, 6.07) is 0.0259. The van der Waals surface area contributed by atoms with E-state index in [0.29, 0.717) is 6.04 Å². The number of hydrogen-bond acceptors (Lipinski definition) is 2. The lowest BCUT2D eigenvalue weighted by Crippen LogP contribution is -2.48. The van der Waals surface area contributed by atoms with Gasteiger partial charge in [0.2, 0.25) is 5.91 Å². The van der Waals surface area contributed by atoms with Crippen LogP contribution in [-0.2, 0) is 4.79 Å². The quantitative estimate of drug-likeness (QED) is 0.783. The molecule has 1 rings (SSSR count). The minimum Gasteiger partial charge on any atom is -0.352 e. The van der Waals surface area contributed by atoms with Crippen LogP contribution in [0.2, 0.25) is 0 Å². The predicted octanol–water partition coefficient (Wildman–Crippen LogP) is 1.84. The summed E-state index contributed by atoms with van der Waals surface area (Å²) in [4.78, 5) is 11.6. The van der Waals surface area contributed by atoms with Gasteiger partial charge in [-0.1, -0.05) is 33.1 Å². The third-order valence-corrected chi connectivity index (χ3v) is 2.97. The number of amides is 1. The van der Waals surface area contributed by atoms with Crippen LogP contribution >= 0.6 is 12.4 Å². The van der Waals surface area contributed by atoms with Crippen molar-refractivity contribution >= 4 is 18.3 Å². The van der Waals surface area contributed by atoms with E-state index in [9.17, 15) is 4.79 Å². The Labute approximate surface area is 98.6 Å². The van der Waals surface area contributed by atoms with Gasteiger partial charge in [-0.25, -0.2) is 0 Å². The van der Waals surface area contributed by atoms with Gasteiger partial charge >= 0.3 is 0 Å². The standard InChI is InChI=1S/C11H22N2O.ClH/c1-8(2)10(12)11(14)13-9-6-4-3-5-7-9;/h8-10H,3-7,12H2,1-2H3,(H,13,14);1H/t10-;/m0./s1. The number of hydrogen-bond donors (Lipinski definition) is 2. The van der Waals surface area contributed by atoms with Gasteiger partial charge in [0.1, 0.15) is 0 Å². The van der Waals surface area contributed by atoms with Crippen molar-refractivity contribution in [2.75, 3.05) is 0 Å². The predicted molar refractivity (Wildman–Crippen MR) is 65.1 cm³/mol. The zero-order valence-electron chi connectivity index (χ0n) is 9.66. The van der Waals surface area contributed by atoms with Crippen molar-refractivity contribution in [2.45, 2.75) is 58.0 Å². The lowest BCUT2D eigenvalue weighted by Gasteiger charge is -2.25. The third-order valence-electron chi connectivity index (χ3n) is 2.97. The molecule has 0 aromatic heterocycles. The molecule has 1 amide bonds. The van der Waals surface area contributed by atoms with E-state index >= 15 is 0 Å². The molecule has 0 radical (unpaired) electrons. The maximum absolute atomic E-state index is 11.6. The Kier molecular flexibility index (Phi) is 6.94. The van der Waals surface area contributed by atoms with Gasteiger partial charge < -0.3 is 11.1 Å². The first-order valence-corrected chi connectivity index (χ1v) is 5.67. The lowest BCUT2D eigenvalue weighted by molar-refractivity contribution is -0.124. The molecule has 0 unspecified atom stereocenters. The maximum Gasteiger partial charge on any atom is 0.237 e. The second kappa shape index (κ2) is 7.07. The van der Waals surface area contributed by atoms with Crippen molar-refractivity contribution in [1.82, 2.24) is 5.32 Å². The fraction of sp³-hybridized carbons (Fsp3) is 0.909. The number of halogens is 1. The molecule has 0 heterocycles. The van der Waals surface area contributed by atoms with Crippen molar-refractivity contribution in [3.63, 3.8) is 0 Å². The Balaban J connectivity index is 0.00000196. The first kappa shape index (κ1) is 14.7. The Hall–Kier alpha value is -0.280. The summed E-state index contributed by atoms with van der Waals surface area (Å²) in [5.41, 5.74) is 5.77. The van der Waals surface area contributed by atoms with Crippen LogP contribution in [0, 0.1) is 5.92 Å². The van der Waals surface area contributed by atoms with Crippen molar-refractivity contribution in [3.8, 4) is 0 Å². The molecule has 0 spiro atoms. The van der Waals surface area contributed by atoms with Crippen LogP contribution in [0.1, 0.15) is 46.0 Å². The highest BCUT2D eigenvalue weighted by Gasteiger charge is 2.21. The Morgan fingerprint density at radius 3 is 2.27 bits per heavy atom. The average molecular weight is 235 g/mol. The molecule has 1 aliphatic carbocycles. The number of nitrogens with two attached hydrogens (primary N) is 1. The molecule has 0 bridgehead atoms. The van der Waals surface area contributed by atoms with Gasteiger partial charge in [-0.05, 0) is 18.8 Å². The highest BCUT2D eigenvalue weighted by molar-refractivity contribution is 5.85. The van der Waals surface area contributed by atoms with Gasteiger partial charge in [0.15, 0.2) is 0 Å². The topological polar surface area (TPSA) is 55.1 Å². The van der Waals surface area contributed by atoms with Crippen LogP contribution in [0.5, 0.6) is 0 Å². The summed E-state index contributed by atoms with van der Waals surface area (Å²) >= 11 is 0. The van der Waals surface area contributed by atoms with Crippen LogP contribution in [0.4, 0.5) is 0 Å². The van der Waals surface area contributed by atoms with Gasteiger partial charge in [0.25, 0.3) is 0 Å². The van der Waals surface area contributed by atoms with Crippen LogP contribution in [0.25, 0.3) is 0 Å². The van der Waals surface area contributed by atoms with Gasteiger partial charge in [0, 0.05) is 6.04 Å². The fourth-order valence-electron chi connectivity index (χ4n) is 1.85. The van der Waals surface area contributed by atoms with Crippen molar-refractivity contribution < 1.29 is 4.79 Å². The molecule has 1 fully saturated rings. The van der Waals surface area contributed by atoms with Crippen LogP contribution in [0.3, 0.4) is 0 Å². The molecule has 1 saturated carbocycles. The largest absolute Gasteiger partial charge is 0.352 e. The first-order chi connectivity index (χ1) is 6.61. The van der Waals surface area contributed by atoms with Crippen LogP contribution < -0.4 is 11.1 Å². The molecule has 90 valence electrons. The lowest BCUT2D eigenvalue weighted by atomic mass is 9.94. The van der Waals surface area contributed by atoms with Crippen LogP contribution in [0.15, 0.2) is 0 Å². The fourth-order valence-corrected chi connectivity index (χ4v) is 1.85. The smallest absolute Gasteiger partial charge is 0.237 e. The summed E-state index contributed by atoms with van der Waals surface area (Å²) in [6.07, 6.45) is 6.03. The zero-order chi connectivity index (χ0) is 10.6. The molecule has 0 aromatic rings. The summed E-state index contributed by atoms with van der Waals surface area (Å²) in [5, 5.41) is 3.04. The highest BCUT2D eigenvalue weighted by atomic mass is 35.5. The summed E-state index contributed by atoms with van der Waals surface area (Å²) in [7, 11) is 0. The molecular weight excluding hydrogens is 212 g/mol. The number of carbonyl (C=O) groups excluding carboxylic acids is 1. The second-order valence-corrected chi connectivity index (χ2v) is 4.61. The van der Waals surface area contributed by atoms with E-state index in [1.807, 2.05) is 13.8 Å². The molecule has 3 nitrogen and oxygen atoms in total. The number of nitrogens with one attached hydrogen (secondary N) is 1. The normalized spacial score (nSPS) is 19.5. The summed E-state index contributed by atoms with van der Waals surface area (Å²) in [5.74, 6) is 0.241. The third kappa shape index (κ3) is 4.85. The molecular formula is C11H23ClN2O. The van der Waals surface area contributed by atoms with E-state index in [-0.39, 0.29) is 30.3 Å². The number of rotatable bonds is 3.